The maximum Gasteiger partial charge on any atom is 0.315 e. The molecule has 2 aliphatic rings. The van der Waals surface area contributed by atoms with E-state index in [1.807, 2.05) is 11.8 Å². The molecule has 30 heavy (non-hydrogen) atoms. The summed E-state index contributed by atoms with van der Waals surface area (Å²) in [6, 6.07) is 0.408. The number of amides is 3. The van der Waals surface area contributed by atoms with Crippen LogP contribution in [-0.2, 0) is 23.8 Å². The number of carboxylic acid groups (broad SMARTS) is 1. The van der Waals surface area contributed by atoms with Gasteiger partial charge in [0, 0.05) is 24.0 Å². The fourth-order valence-electron chi connectivity index (χ4n) is 3.33. The van der Waals surface area contributed by atoms with Gasteiger partial charge in [-0.05, 0) is 12.8 Å². The molecule has 2 saturated heterocycles. The SMILES string of the molecule is O=C(O)CCOCCOCCOCCNC(=O)CCCC[C@@H]1SC[C@@H]2NC(=O)N[C@H]21. The first kappa shape index (κ1) is 24.7. The predicted molar refractivity (Wildman–Crippen MR) is 112 cm³/mol. The second-order valence-corrected chi connectivity index (χ2v) is 8.47. The lowest BCUT2D eigenvalue weighted by atomic mass is 10.0. The molecule has 11 heteroatoms. The van der Waals surface area contributed by atoms with Gasteiger partial charge in [-0.25, -0.2) is 4.79 Å². The maximum atomic E-state index is 11.9. The standard InChI is InChI=1S/C19H33N3O7S/c23-16(4-2-1-3-15-18-14(13-30-15)21-19(26)22-18)20-6-8-28-10-12-29-11-9-27-7-5-17(24)25/h14-15,18H,1-13H2,(H,20,23)(H,24,25)(H2,21,22,26)/t14-,15-,18+/m0/s1. The van der Waals surface area contributed by atoms with Crippen LogP contribution in [-0.4, -0.2) is 92.3 Å². The van der Waals surface area contributed by atoms with Crippen molar-refractivity contribution in [3.05, 3.63) is 0 Å². The Morgan fingerprint density at radius 3 is 2.43 bits per heavy atom. The van der Waals surface area contributed by atoms with Crippen LogP contribution in [0.25, 0.3) is 0 Å². The summed E-state index contributed by atoms with van der Waals surface area (Å²) in [4.78, 5) is 33.5. The van der Waals surface area contributed by atoms with Crippen molar-refractivity contribution >= 4 is 29.7 Å². The zero-order valence-electron chi connectivity index (χ0n) is 17.2. The van der Waals surface area contributed by atoms with Crippen molar-refractivity contribution in [2.75, 3.05) is 51.9 Å². The summed E-state index contributed by atoms with van der Waals surface area (Å²) in [6.07, 6.45) is 3.31. The van der Waals surface area contributed by atoms with E-state index in [0.717, 1.165) is 25.0 Å². The largest absolute Gasteiger partial charge is 0.481 e. The molecule has 172 valence electrons. The fraction of sp³-hybridized carbons (Fsp3) is 0.842. The lowest BCUT2D eigenvalue weighted by Crippen LogP contribution is -2.36. The van der Waals surface area contributed by atoms with Crippen molar-refractivity contribution in [1.82, 2.24) is 16.0 Å². The highest BCUT2D eigenvalue weighted by Crippen LogP contribution is 2.33. The van der Waals surface area contributed by atoms with E-state index in [9.17, 15) is 14.4 Å². The van der Waals surface area contributed by atoms with E-state index in [-0.39, 0.29) is 37.0 Å². The van der Waals surface area contributed by atoms with E-state index in [1.165, 1.54) is 0 Å². The Hall–Kier alpha value is -1.56. The fourth-order valence-corrected chi connectivity index (χ4v) is 4.87. The number of unbranched alkanes of at least 4 members (excludes halogenated alkanes) is 1. The van der Waals surface area contributed by atoms with Gasteiger partial charge in [0.1, 0.15) is 0 Å². The van der Waals surface area contributed by atoms with Crippen LogP contribution in [0, 0.1) is 0 Å². The highest BCUT2D eigenvalue weighted by atomic mass is 32.2. The van der Waals surface area contributed by atoms with E-state index in [2.05, 4.69) is 16.0 Å². The quantitative estimate of drug-likeness (QED) is 0.185. The van der Waals surface area contributed by atoms with Crippen LogP contribution in [0.5, 0.6) is 0 Å². The van der Waals surface area contributed by atoms with Crippen LogP contribution in [0.4, 0.5) is 4.79 Å². The van der Waals surface area contributed by atoms with Crippen molar-refractivity contribution in [1.29, 1.82) is 0 Å². The van der Waals surface area contributed by atoms with E-state index in [0.29, 0.717) is 51.2 Å². The molecule has 2 aliphatic heterocycles. The van der Waals surface area contributed by atoms with Crippen LogP contribution in [0.2, 0.25) is 0 Å². The van der Waals surface area contributed by atoms with Crippen molar-refractivity contribution in [2.45, 2.75) is 49.4 Å². The van der Waals surface area contributed by atoms with Gasteiger partial charge in [0.15, 0.2) is 0 Å². The molecule has 0 aromatic rings. The van der Waals surface area contributed by atoms with Gasteiger partial charge in [0.05, 0.1) is 58.1 Å². The van der Waals surface area contributed by atoms with Crippen molar-refractivity contribution in [3.8, 4) is 0 Å². The Kier molecular flexibility index (Phi) is 11.9. The molecular weight excluding hydrogens is 414 g/mol. The number of rotatable bonds is 17. The first-order valence-electron chi connectivity index (χ1n) is 10.5. The minimum Gasteiger partial charge on any atom is -0.481 e. The summed E-state index contributed by atoms with van der Waals surface area (Å²) >= 11 is 1.89. The van der Waals surface area contributed by atoms with Crippen LogP contribution in [0.1, 0.15) is 32.1 Å². The maximum absolute atomic E-state index is 11.9. The molecule has 3 amide bonds. The number of fused-ring (bicyclic) bond motifs is 1. The minimum absolute atomic E-state index is 0.00728. The van der Waals surface area contributed by atoms with Gasteiger partial charge in [0.25, 0.3) is 0 Å². The van der Waals surface area contributed by atoms with Gasteiger partial charge in [-0.2, -0.15) is 11.8 Å². The number of hydrogen-bond acceptors (Lipinski definition) is 7. The van der Waals surface area contributed by atoms with Crippen LogP contribution < -0.4 is 16.0 Å². The van der Waals surface area contributed by atoms with Gasteiger partial charge in [-0.3, -0.25) is 9.59 Å². The van der Waals surface area contributed by atoms with Crippen molar-refractivity contribution < 1.29 is 33.7 Å². The highest BCUT2D eigenvalue weighted by molar-refractivity contribution is 8.00. The second-order valence-electron chi connectivity index (χ2n) is 7.20. The number of carboxylic acids is 1. The third kappa shape index (κ3) is 9.96. The zero-order valence-corrected chi connectivity index (χ0v) is 18.0. The van der Waals surface area contributed by atoms with Crippen LogP contribution >= 0.6 is 11.8 Å². The molecule has 0 aliphatic carbocycles. The molecular formula is C19H33N3O7S. The van der Waals surface area contributed by atoms with Crippen LogP contribution in [0.15, 0.2) is 0 Å². The van der Waals surface area contributed by atoms with E-state index in [4.69, 9.17) is 19.3 Å². The number of nitrogens with one attached hydrogen (secondary N) is 3. The molecule has 0 spiro atoms. The smallest absolute Gasteiger partial charge is 0.315 e. The van der Waals surface area contributed by atoms with Gasteiger partial charge < -0.3 is 35.3 Å². The Bertz CT molecular complexity index is 552. The summed E-state index contributed by atoms with van der Waals surface area (Å²) in [5.41, 5.74) is 0. The Morgan fingerprint density at radius 1 is 1.00 bits per heavy atom. The molecule has 0 aromatic carbocycles. The first-order chi connectivity index (χ1) is 14.6. The Balaban J connectivity index is 1.32. The molecule has 3 atom stereocenters. The molecule has 0 radical (unpaired) electrons. The Morgan fingerprint density at radius 2 is 1.70 bits per heavy atom. The molecule has 2 heterocycles. The third-order valence-corrected chi connectivity index (χ3v) is 6.36. The summed E-state index contributed by atoms with van der Waals surface area (Å²) in [6.45, 7) is 2.69. The number of carbonyl (C=O) groups is 3. The average molecular weight is 448 g/mol. The normalized spacial score (nSPS) is 22.4. The highest BCUT2D eigenvalue weighted by Gasteiger charge is 2.42. The Labute approximate surface area is 181 Å². The average Bonchev–Trinajstić information content (AvgIpc) is 3.25. The summed E-state index contributed by atoms with van der Waals surface area (Å²) in [5, 5.41) is 17.6. The predicted octanol–water partition coefficient (Wildman–Crippen LogP) is 0.353. The molecule has 0 saturated carbocycles. The van der Waals surface area contributed by atoms with Gasteiger partial charge in [-0.1, -0.05) is 6.42 Å². The number of ether oxygens (including phenoxy) is 3. The third-order valence-electron chi connectivity index (χ3n) is 4.85. The number of hydrogen-bond donors (Lipinski definition) is 4. The number of thioether (sulfide) groups is 1. The van der Waals surface area contributed by atoms with Gasteiger partial charge in [-0.15, -0.1) is 0 Å². The minimum atomic E-state index is -0.879. The molecule has 0 aromatic heterocycles. The number of aliphatic carboxylic acids is 1. The second kappa shape index (κ2) is 14.4. The molecule has 10 nitrogen and oxygen atoms in total. The molecule has 0 unspecified atom stereocenters. The van der Waals surface area contributed by atoms with Crippen molar-refractivity contribution in [2.24, 2.45) is 0 Å². The topological polar surface area (TPSA) is 135 Å². The molecule has 2 fully saturated rings. The summed E-state index contributed by atoms with van der Waals surface area (Å²) in [5.74, 6) is 0.108. The zero-order chi connectivity index (χ0) is 21.6. The van der Waals surface area contributed by atoms with E-state index >= 15 is 0 Å². The lowest BCUT2D eigenvalue weighted by molar-refractivity contribution is -0.138. The van der Waals surface area contributed by atoms with E-state index in [1.54, 1.807) is 0 Å². The molecule has 2 rings (SSSR count). The van der Waals surface area contributed by atoms with Crippen LogP contribution in [0.3, 0.4) is 0 Å². The van der Waals surface area contributed by atoms with Crippen molar-refractivity contribution in [3.63, 3.8) is 0 Å². The molecule has 4 N–H and O–H groups in total. The number of carbonyl (C=O) groups excluding carboxylic acids is 2. The monoisotopic (exact) mass is 447 g/mol. The first-order valence-corrected chi connectivity index (χ1v) is 11.5. The van der Waals surface area contributed by atoms with Gasteiger partial charge in [0.2, 0.25) is 5.91 Å². The summed E-state index contributed by atoms with van der Waals surface area (Å²) < 4.78 is 15.8. The summed E-state index contributed by atoms with van der Waals surface area (Å²) in [7, 11) is 0. The molecule has 0 bridgehead atoms. The van der Waals surface area contributed by atoms with Gasteiger partial charge >= 0.3 is 12.0 Å². The number of urea groups is 1. The lowest BCUT2D eigenvalue weighted by Gasteiger charge is -2.16. The van der Waals surface area contributed by atoms with E-state index < -0.39 is 5.97 Å².